The summed E-state index contributed by atoms with van der Waals surface area (Å²) in [6.07, 6.45) is 1.65. The van der Waals surface area contributed by atoms with Gasteiger partial charge in [0, 0.05) is 12.7 Å². The van der Waals surface area contributed by atoms with E-state index in [1.54, 1.807) is 18.3 Å². The van der Waals surface area contributed by atoms with Crippen LogP contribution in [0.5, 0.6) is 0 Å². The van der Waals surface area contributed by atoms with Crippen LogP contribution in [0.15, 0.2) is 24.4 Å². The number of carboxylic acids is 1. The summed E-state index contributed by atoms with van der Waals surface area (Å²) >= 11 is 0. The molecule has 0 unspecified atom stereocenters. The average molecular weight is 253 g/mol. The van der Waals surface area contributed by atoms with Crippen LogP contribution in [0, 0.1) is 0 Å². The molecule has 1 aromatic rings. The number of ether oxygens (including phenoxy) is 1. The molecule has 0 radical (unpaired) electrons. The largest absolute Gasteiger partial charge is 0.480 e. The lowest BCUT2D eigenvalue weighted by Gasteiger charge is -2.07. The van der Waals surface area contributed by atoms with Crippen molar-refractivity contribution >= 4 is 12.0 Å². The second-order valence-corrected chi connectivity index (χ2v) is 3.38. The third-order valence-corrected chi connectivity index (χ3v) is 1.91. The second kappa shape index (κ2) is 8.02. The highest BCUT2D eigenvalue weighted by atomic mass is 16.5. The van der Waals surface area contributed by atoms with E-state index in [0.717, 1.165) is 5.69 Å². The molecule has 1 aromatic heterocycles. The molecule has 0 saturated heterocycles. The Kier molecular flexibility index (Phi) is 6.20. The van der Waals surface area contributed by atoms with Crippen LogP contribution >= 0.6 is 0 Å². The molecule has 18 heavy (non-hydrogen) atoms. The van der Waals surface area contributed by atoms with Gasteiger partial charge in [-0.2, -0.15) is 0 Å². The highest BCUT2D eigenvalue weighted by Crippen LogP contribution is 1.91. The fourth-order valence-electron chi connectivity index (χ4n) is 1.13. The zero-order chi connectivity index (χ0) is 13.2. The van der Waals surface area contributed by atoms with Crippen molar-refractivity contribution in [1.82, 2.24) is 15.6 Å². The van der Waals surface area contributed by atoms with Gasteiger partial charge in [0.2, 0.25) is 0 Å². The van der Waals surface area contributed by atoms with E-state index in [0.29, 0.717) is 6.54 Å². The van der Waals surface area contributed by atoms with E-state index in [9.17, 15) is 9.59 Å². The Balaban J connectivity index is 2.06. The zero-order valence-corrected chi connectivity index (χ0v) is 9.76. The van der Waals surface area contributed by atoms with E-state index in [1.165, 1.54) is 0 Å². The maximum atomic E-state index is 11.3. The fourth-order valence-corrected chi connectivity index (χ4v) is 1.13. The number of urea groups is 1. The number of hydrogen-bond acceptors (Lipinski definition) is 4. The molecule has 1 rings (SSSR count). The van der Waals surface area contributed by atoms with Crippen LogP contribution in [0.1, 0.15) is 5.69 Å². The Morgan fingerprint density at radius 2 is 2.17 bits per heavy atom. The molecule has 0 bridgehead atoms. The summed E-state index contributed by atoms with van der Waals surface area (Å²) in [7, 11) is 0. The molecule has 0 fully saturated rings. The summed E-state index contributed by atoms with van der Waals surface area (Å²) in [6, 6.07) is 5.08. The number of carboxylic acid groups (broad SMARTS) is 1. The molecule has 0 aliphatic carbocycles. The van der Waals surface area contributed by atoms with Crippen molar-refractivity contribution in [2.24, 2.45) is 0 Å². The molecule has 0 aromatic carbocycles. The number of aliphatic carboxylic acids is 1. The SMILES string of the molecule is O=C(O)COCCNC(=O)NCc1ccccn1. The Morgan fingerprint density at radius 1 is 1.33 bits per heavy atom. The van der Waals surface area contributed by atoms with Crippen molar-refractivity contribution in [1.29, 1.82) is 0 Å². The number of carbonyl (C=O) groups is 2. The van der Waals surface area contributed by atoms with E-state index in [2.05, 4.69) is 15.6 Å². The van der Waals surface area contributed by atoms with Crippen molar-refractivity contribution < 1.29 is 19.4 Å². The lowest BCUT2D eigenvalue weighted by Crippen LogP contribution is -2.37. The van der Waals surface area contributed by atoms with Crippen molar-refractivity contribution in [3.63, 3.8) is 0 Å². The van der Waals surface area contributed by atoms with Crippen LogP contribution in [0.3, 0.4) is 0 Å². The number of pyridine rings is 1. The third kappa shape index (κ3) is 6.44. The highest BCUT2D eigenvalue weighted by molar-refractivity contribution is 5.73. The molecular formula is C11H15N3O4. The standard InChI is InChI=1S/C11H15N3O4/c15-10(16)8-18-6-5-13-11(17)14-7-9-3-1-2-4-12-9/h1-4H,5-8H2,(H,15,16)(H2,13,14,17). The monoisotopic (exact) mass is 253 g/mol. The zero-order valence-electron chi connectivity index (χ0n) is 9.76. The first kappa shape index (κ1) is 13.9. The number of nitrogens with zero attached hydrogens (tertiary/aromatic N) is 1. The quantitative estimate of drug-likeness (QED) is 0.593. The van der Waals surface area contributed by atoms with Gasteiger partial charge in [0.05, 0.1) is 18.8 Å². The Morgan fingerprint density at radius 3 is 2.83 bits per heavy atom. The molecule has 1 heterocycles. The molecule has 0 aliphatic rings. The van der Waals surface area contributed by atoms with Crippen LogP contribution in [0.4, 0.5) is 4.79 Å². The van der Waals surface area contributed by atoms with Gasteiger partial charge in [0.25, 0.3) is 0 Å². The second-order valence-electron chi connectivity index (χ2n) is 3.38. The lowest BCUT2D eigenvalue weighted by atomic mass is 10.3. The van der Waals surface area contributed by atoms with Gasteiger partial charge in [-0.15, -0.1) is 0 Å². The normalized spacial score (nSPS) is 9.78. The van der Waals surface area contributed by atoms with Gasteiger partial charge in [-0.3, -0.25) is 4.98 Å². The molecule has 7 nitrogen and oxygen atoms in total. The summed E-state index contributed by atoms with van der Waals surface area (Å²) in [4.78, 5) is 25.5. The molecule has 3 N–H and O–H groups in total. The van der Waals surface area contributed by atoms with Crippen LogP contribution in [-0.4, -0.2) is 41.8 Å². The van der Waals surface area contributed by atoms with Crippen molar-refractivity contribution in [2.45, 2.75) is 6.54 Å². The number of nitrogens with one attached hydrogen (secondary N) is 2. The maximum Gasteiger partial charge on any atom is 0.329 e. The first-order chi connectivity index (χ1) is 8.68. The van der Waals surface area contributed by atoms with E-state index < -0.39 is 5.97 Å². The molecular weight excluding hydrogens is 238 g/mol. The van der Waals surface area contributed by atoms with Gasteiger partial charge in [-0.1, -0.05) is 6.07 Å². The average Bonchev–Trinajstić information content (AvgIpc) is 2.37. The topological polar surface area (TPSA) is 101 Å². The first-order valence-electron chi connectivity index (χ1n) is 5.39. The van der Waals surface area contributed by atoms with E-state index in [-0.39, 0.29) is 25.8 Å². The summed E-state index contributed by atoms with van der Waals surface area (Å²) in [5.41, 5.74) is 0.759. The molecule has 7 heteroatoms. The lowest BCUT2D eigenvalue weighted by molar-refractivity contribution is -0.142. The van der Waals surface area contributed by atoms with Gasteiger partial charge in [0.1, 0.15) is 6.61 Å². The van der Waals surface area contributed by atoms with Crippen LogP contribution in [0.2, 0.25) is 0 Å². The number of amides is 2. The van der Waals surface area contributed by atoms with E-state index in [1.807, 2.05) is 6.07 Å². The number of aromatic nitrogens is 1. The Labute approximate surface area is 104 Å². The predicted molar refractivity (Wildman–Crippen MR) is 62.9 cm³/mol. The summed E-state index contributed by atoms with van der Waals surface area (Å²) in [5.74, 6) is -1.03. The molecule has 2 amide bonds. The van der Waals surface area contributed by atoms with Crippen LogP contribution < -0.4 is 10.6 Å². The fraction of sp³-hybridized carbons (Fsp3) is 0.364. The third-order valence-electron chi connectivity index (χ3n) is 1.91. The molecule has 0 saturated carbocycles. The van der Waals surface area contributed by atoms with Crippen molar-refractivity contribution in [2.75, 3.05) is 19.8 Å². The van der Waals surface area contributed by atoms with E-state index in [4.69, 9.17) is 9.84 Å². The molecule has 0 atom stereocenters. The molecule has 0 aliphatic heterocycles. The van der Waals surface area contributed by atoms with Gasteiger partial charge in [-0.05, 0) is 12.1 Å². The Hall–Kier alpha value is -2.15. The molecule has 98 valence electrons. The summed E-state index contributed by atoms with van der Waals surface area (Å²) in [5, 5.41) is 13.4. The smallest absolute Gasteiger partial charge is 0.329 e. The Bertz CT molecular complexity index is 383. The summed E-state index contributed by atoms with van der Waals surface area (Å²) in [6.45, 7) is 0.379. The van der Waals surface area contributed by atoms with E-state index >= 15 is 0 Å². The van der Waals surface area contributed by atoms with Gasteiger partial charge < -0.3 is 20.5 Å². The van der Waals surface area contributed by atoms with Crippen LogP contribution in [-0.2, 0) is 16.1 Å². The number of hydrogen-bond donors (Lipinski definition) is 3. The maximum absolute atomic E-state index is 11.3. The highest BCUT2D eigenvalue weighted by Gasteiger charge is 2.00. The first-order valence-corrected chi connectivity index (χ1v) is 5.39. The number of rotatable bonds is 7. The minimum absolute atomic E-state index is 0.156. The minimum Gasteiger partial charge on any atom is -0.480 e. The van der Waals surface area contributed by atoms with Crippen molar-refractivity contribution in [3.05, 3.63) is 30.1 Å². The van der Waals surface area contributed by atoms with Gasteiger partial charge in [-0.25, -0.2) is 9.59 Å². The van der Waals surface area contributed by atoms with Gasteiger partial charge in [0.15, 0.2) is 0 Å². The number of carbonyl (C=O) groups excluding carboxylic acids is 1. The van der Waals surface area contributed by atoms with Crippen LogP contribution in [0.25, 0.3) is 0 Å². The predicted octanol–water partition coefficient (Wildman–Crippen LogP) is -0.0180. The summed E-state index contributed by atoms with van der Waals surface area (Å²) < 4.78 is 4.75. The van der Waals surface area contributed by atoms with Crippen molar-refractivity contribution in [3.8, 4) is 0 Å². The van der Waals surface area contributed by atoms with Gasteiger partial charge >= 0.3 is 12.0 Å². The molecule has 0 spiro atoms. The minimum atomic E-state index is -1.03.